The van der Waals surface area contributed by atoms with E-state index in [2.05, 4.69) is 47.8 Å². The molecule has 2 aromatic rings. The maximum absolute atomic E-state index is 12.7. The molecule has 1 aromatic heterocycles. The topological polar surface area (TPSA) is 63.4 Å². The standard InChI is InChI=1S/C12H11Br3N2O2S2/c1-17(5-9-2-7(13)6-20-9)21(18,19)12-10(14)3-8(16)4-11(12)15/h2-4,6H,5,16H2,1H3. The highest BCUT2D eigenvalue weighted by atomic mass is 79.9. The van der Waals surface area contributed by atoms with Crippen molar-refractivity contribution in [2.24, 2.45) is 0 Å². The minimum atomic E-state index is -3.63. The van der Waals surface area contributed by atoms with Gasteiger partial charge >= 0.3 is 0 Å². The summed E-state index contributed by atoms with van der Waals surface area (Å²) < 4.78 is 28.6. The maximum atomic E-state index is 12.7. The predicted molar refractivity (Wildman–Crippen MR) is 96.9 cm³/mol. The Labute approximate surface area is 152 Å². The summed E-state index contributed by atoms with van der Waals surface area (Å²) in [7, 11) is -2.08. The van der Waals surface area contributed by atoms with Gasteiger partial charge in [0.25, 0.3) is 0 Å². The minimum Gasteiger partial charge on any atom is -0.399 e. The molecular formula is C12H11Br3N2O2S2. The van der Waals surface area contributed by atoms with Crippen molar-refractivity contribution in [3.8, 4) is 0 Å². The molecule has 0 aliphatic carbocycles. The molecule has 0 aliphatic heterocycles. The van der Waals surface area contributed by atoms with E-state index in [0.717, 1.165) is 9.35 Å². The van der Waals surface area contributed by atoms with Crippen LogP contribution in [-0.4, -0.2) is 19.8 Å². The summed E-state index contributed by atoms with van der Waals surface area (Å²) in [4.78, 5) is 1.13. The highest BCUT2D eigenvalue weighted by Gasteiger charge is 2.26. The number of halogens is 3. The Hall–Kier alpha value is 0.0700. The number of sulfonamides is 1. The van der Waals surface area contributed by atoms with Gasteiger partial charge in [0, 0.05) is 43.0 Å². The van der Waals surface area contributed by atoms with E-state index in [-0.39, 0.29) is 4.90 Å². The fourth-order valence-corrected chi connectivity index (χ4v) is 6.99. The lowest BCUT2D eigenvalue weighted by Gasteiger charge is -2.18. The number of nitrogens with two attached hydrogens (primary N) is 1. The second-order valence-electron chi connectivity index (χ2n) is 4.31. The van der Waals surface area contributed by atoms with Gasteiger partial charge in [-0.25, -0.2) is 8.42 Å². The van der Waals surface area contributed by atoms with Crippen molar-refractivity contribution in [1.82, 2.24) is 4.31 Å². The lowest BCUT2D eigenvalue weighted by molar-refractivity contribution is 0.469. The third-order valence-electron chi connectivity index (χ3n) is 2.69. The molecule has 0 spiro atoms. The summed E-state index contributed by atoms with van der Waals surface area (Å²) in [5, 5.41) is 1.92. The molecule has 4 nitrogen and oxygen atoms in total. The zero-order chi connectivity index (χ0) is 15.8. The van der Waals surface area contributed by atoms with E-state index in [1.165, 1.54) is 15.6 Å². The summed E-state index contributed by atoms with van der Waals surface area (Å²) in [5.74, 6) is 0. The fraction of sp³-hybridized carbons (Fsp3) is 0.167. The van der Waals surface area contributed by atoms with Crippen LogP contribution in [0.25, 0.3) is 0 Å². The molecule has 114 valence electrons. The van der Waals surface area contributed by atoms with Gasteiger partial charge in [-0.2, -0.15) is 4.31 Å². The SMILES string of the molecule is CN(Cc1cc(Br)cs1)S(=O)(=O)c1c(Br)cc(N)cc1Br. The van der Waals surface area contributed by atoms with Crippen LogP contribution in [0, 0.1) is 0 Å². The van der Waals surface area contributed by atoms with Gasteiger partial charge in [-0.15, -0.1) is 11.3 Å². The average molecular weight is 519 g/mol. The lowest BCUT2D eigenvalue weighted by atomic mass is 10.3. The van der Waals surface area contributed by atoms with Crippen LogP contribution in [0.2, 0.25) is 0 Å². The molecule has 0 bridgehead atoms. The number of nitrogen functional groups attached to an aromatic ring is 1. The van der Waals surface area contributed by atoms with Crippen LogP contribution >= 0.6 is 59.1 Å². The lowest BCUT2D eigenvalue weighted by Crippen LogP contribution is -2.26. The summed E-state index contributed by atoms with van der Waals surface area (Å²) in [5.41, 5.74) is 6.19. The third kappa shape index (κ3) is 3.89. The molecule has 1 aromatic carbocycles. The quantitative estimate of drug-likeness (QED) is 0.609. The summed E-state index contributed by atoms with van der Waals surface area (Å²) in [6.07, 6.45) is 0. The summed E-state index contributed by atoms with van der Waals surface area (Å²) in [6, 6.07) is 5.06. The number of thiophene rings is 1. The zero-order valence-corrected chi connectivity index (χ0v) is 17.2. The normalized spacial score (nSPS) is 12.0. The van der Waals surface area contributed by atoms with E-state index in [1.54, 1.807) is 19.2 Å². The Morgan fingerprint density at radius 1 is 1.19 bits per heavy atom. The van der Waals surface area contributed by atoms with Gasteiger partial charge in [0.2, 0.25) is 10.0 Å². The number of hydrogen-bond donors (Lipinski definition) is 1. The van der Waals surface area contributed by atoms with Crippen LogP contribution in [0.4, 0.5) is 5.69 Å². The van der Waals surface area contributed by atoms with Crippen molar-refractivity contribution < 1.29 is 8.42 Å². The fourth-order valence-electron chi connectivity index (χ4n) is 1.72. The van der Waals surface area contributed by atoms with Gasteiger partial charge < -0.3 is 5.73 Å². The van der Waals surface area contributed by atoms with Crippen LogP contribution in [0.1, 0.15) is 4.88 Å². The first-order chi connectivity index (χ1) is 9.71. The first-order valence-electron chi connectivity index (χ1n) is 5.65. The van der Waals surface area contributed by atoms with Gasteiger partial charge in [0.15, 0.2) is 0 Å². The molecule has 2 N–H and O–H groups in total. The number of benzene rings is 1. The van der Waals surface area contributed by atoms with E-state index in [1.807, 2.05) is 11.4 Å². The average Bonchev–Trinajstić information content (AvgIpc) is 2.72. The van der Waals surface area contributed by atoms with Gasteiger partial charge in [0.05, 0.1) is 0 Å². The molecule has 0 saturated heterocycles. The zero-order valence-electron chi connectivity index (χ0n) is 10.8. The Morgan fingerprint density at radius 2 is 1.76 bits per heavy atom. The molecule has 0 fully saturated rings. The molecule has 1 heterocycles. The smallest absolute Gasteiger partial charge is 0.245 e. The van der Waals surface area contributed by atoms with E-state index >= 15 is 0 Å². The van der Waals surface area contributed by atoms with E-state index < -0.39 is 10.0 Å². The van der Waals surface area contributed by atoms with Crippen LogP contribution in [-0.2, 0) is 16.6 Å². The second-order valence-corrected chi connectivity index (χ2v) is 9.91. The highest BCUT2D eigenvalue weighted by molar-refractivity contribution is 9.11. The van der Waals surface area contributed by atoms with Crippen LogP contribution < -0.4 is 5.73 Å². The van der Waals surface area contributed by atoms with Crippen molar-refractivity contribution in [3.05, 3.63) is 41.9 Å². The molecule has 0 aliphatic rings. The van der Waals surface area contributed by atoms with Gasteiger partial charge in [-0.3, -0.25) is 0 Å². The number of rotatable bonds is 4. The van der Waals surface area contributed by atoms with Crippen LogP contribution in [0.5, 0.6) is 0 Å². The van der Waals surface area contributed by atoms with Crippen molar-refractivity contribution in [2.75, 3.05) is 12.8 Å². The first-order valence-corrected chi connectivity index (χ1v) is 10.4. The van der Waals surface area contributed by atoms with Gasteiger partial charge in [-0.1, -0.05) is 0 Å². The molecule has 0 saturated carbocycles. The molecule has 0 amide bonds. The third-order valence-corrected chi connectivity index (χ3v) is 8.05. The first kappa shape index (κ1) is 17.4. The monoisotopic (exact) mass is 516 g/mol. The molecule has 2 rings (SSSR count). The Bertz CT molecular complexity index is 752. The summed E-state index contributed by atoms with van der Waals surface area (Å²) in [6.45, 7) is 0.307. The largest absolute Gasteiger partial charge is 0.399 e. The van der Waals surface area contributed by atoms with E-state index in [0.29, 0.717) is 21.2 Å². The van der Waals surface area contributed by atoms with Crippen LogP contribution in [0.15, 0.2) is 41.9 Å². The molecular weight excluding hydrogens is 508 g/mol. The van der Waals surface area contributed by atoms with Crippen molar-refractivity contribution in [2.45, 2.75) is 11.4 Å². The van der Waals surface area contributed by atoms with Gasteiger partial charge in [0.1, 0.15) is 4.90 Å². The van der Waals surface area contributed by atoms with E-state index in [4.69, 9.17) is 5.73 Å². The molecule has 0 radical (unpaired) electrons. The minimum absolute atomic E-state index is 0.176. The number of hydrogen-bond acceptors (Lipinski definition) is 4. The van der Waals surface area contributed by atoms with Gasteiger partial charge in [-0.05, 0) is 66.0 Å². The molecule has 0 unspecified atom stereocenters. The molecule has 21 heavy (non-hydrogen) atoms. The number of anilines is 1. The van der Waals surface area contributed by atoms with Crippen molar-refractivity contribution >= 4 is 74.8 Å². The summed E-state index contributed by atoms with van der Waals surface area (Å²) >= 11 is 11.4. The Kier molecular flexibility index (Phi) is 5.54. The highest BCUT2D eigenvalue weighted by Crippen LogP contribution is 2.34. The van der Waals surface area contributed by atoms with E-state index in [9.17, 15) is 8.42 Å². The molecule has 0 atom stereocenters. The number of nitrogens with zero attached hydrogens (tertiary/aromatic N) is 1. The maximum Gasteiger partial charge on any atom is 0.245 e. The van der Waals surface area contributed by atoms with Crippen molar-refractivity contribution in [1.29, 1.82) is 0 Å². The van der Waals surface area contributed by atoms with Crippen LogP contribution in [0.3, 0.4) is 0 Å². The van der Waals surface area contributed by atoms with Crippen molar-refractivity contribution in [3.63, 3.8) is 0 Å². The second kappa shape index (κ2) is 6.67. The Morgan fingerprint density at radius 3 is 2.24 bits per heavy atom. The molecule has 9 heteroatoms. The predicted octanol–water partition coefficient (Wildman–Crippen LogP) is 4.44. The Balaban J connectivity index is 2.38.